The maximum atomic E-state index is 14.2. The minimum Gasteiger partial charge on any atom is -0.312 e. The summed E-state index contributed by atoms with van der Waals surface area (Å²) in [7, 11) is 2.94. The Morgan fingerprint density at radius 3 is 2.05 bits per heavy atom. The van der Waals surface area contributed by atoms with Gasteiger partial charge in [-0.1, -0.05) is 54.6 Å². The summed E-state index contributed by atoms with van der Waals surface area (Å²) in [5.74, 6) is -0.551. The Labute approximate surface area is 237 Å². The number of hydrogen-bond acceptors (Lipinski definition) is 5. The van der Waals surface area contributed by atoms with E-state index in [2.05, 4.69) is 23.1 Å². The van der Waals surface area contributed by atoms with Crippen molar-refractivity contribution in [1.29, 1.82) is 0 Å². The Kier molecular flexibility index (Phi) is 5.87. The van der Waals surface area contributed by atoms with E-state index in [9.17, 15) is 19.2 Å². The average Bonchev–Trinajstić information content (AvgIpc) is 2.98. The standard InChI is InChI=1S/C33H32N4O4/c1-34-30(39)33(31(40)35(2)32(34)41,16-27-25-10-5-3-8-22(25)15-23-9-4-6-11-26(23)27)20-36-17-21-14-24(19-36)28-12-7-13-29(38)37(28)18-21/h3-13,15,21,24H,14,16-20H2,1-2H3. The molecule has 208 valence electrons. The lowest BCUT2D eigenvalue weighted by molar-refractivity contribution is -0.159. The second-order valence-electron chi connectivity index (χ2n) is 12.0. The molecular weight excluding hydrogens is 516 g/mol. The van der Waals surface area contributed by atoms with E-state index in [1.807, 2.05) is 53.1 Å². The van der Waals surface area contributed by atoms with Crippen LogP contribution >= 0.6 is 0 Å². The van der Waals surface area contributed by atoms with Crippen molar-refractivity contribution < 1.29 is 14.4 Å². The van der Waals surface area contributed by atoms with Gasteiger partial charge in [0.15, 0.2) is 0 Å². The predicted octanol–water partition coefficient (Wildman–Crippen LogP) is 3.85. The van der Waals surface area contributed by atoms with E-state index in [0.717, 1.165) is 49.0 Å². The van der Waals surface area contributed by atoms with Gasteiger partial charge in [0, 0.05) is 58.0 Å². The Hall–Kier alpha value is -4.30. The summed E-state index contributed by atoms with van der Waals surface area (Å²) in [5.41, 5.74) is 0.486. The van der Waals surface area contributed by atoms with Gasteiger partial charge in [-0.15, -0.1) is 0 Å². The van der Waals surface area contributed by atoms with Gasteiger partial charge in [-0.05, 0) is 58.0 Å². The van der Waals surface area contributed by atoms with Gasteiger partial charge in [-0.2, -0.15) is 0 Å². The van der Waals surface area contributed by atoms with Gasteiger partial charge < -0.3 is 9.47 Å². The van der Waals surface area contributed by atoms with Crippen LogP contribution < -0.4 is 5.56 Å². The lowest BCUT2D eigenvalue weighted by Crippen LogP contribution is -2.67. The Bertz CT molecular complexity index is 1730. The number of nitrogens with zero attached hydrogens (tertiary/aromatic N) is 4. The SMILES string of the molecule is CN1C(=O)N(C)C(=O)C(Cc2c3ccccc3cc3ccccc23)(CN2CC3CC(C2)c2cccc(=O)n2C3)C1=O. The van der Waals surface area contributed by atoms with Gasteiger partial charge in [0.2, 0.25) is 11.8 Å². The number of fused-ring (bicyclic) bond motifs is 6. The van der Waals surface area contributed by atoms with Crippen molar-refractivity contribution in [1.82, 2.24) is 19.3 Å². The molecule has 2 saturated heterocycles. The molecule has 0 N–H and O–H groups in total. The van der Waals surface area contributed by atoms with Crippen molar-refractivity contribution in [2.24, 2.45) is 11.3 Å². The number of carbonyl (C=O) groups is 3. The first kappa shape index (κ1) is 25.7. The van der Waals surface area contributed by atoms with Crippen LogP contribution in [0.15, 0.2) is 77.6 Å². The van der Waals surface area contributed by atoms with E-state index in [1.165, 1.54) is 14.1 Å². The molecule has 2 bridgehead atoms. The molecule has 3 aliphatic rings. The quantitative estimate of drug-likeness (QED) is 0.286. The zero-order valence-corrected chi connectivity index (χ0v) is 23.2. The number of imide groups is 2. The number of piperidine rings is 1. The van der Waals surface area contributed by atoms with Crippen molar-refractivity contribution in [3.63, 3.8) is 0 Å². The van der Waals surface area contributed by atoms with E-state index in [4.69, 9.17) is 0 Å². The normalized spacial score (nSPS) is 22.4. The fraction of sp³-hybridized carbons (Fsp3) is 0.333. The number of likely N-dealkylation sites (tertiary alicyclic amines) is 1. The Morgan fingerprint density at radius 1 is 0.756 bits per heavy atom. The topological polar surface area (TPSA) is 82.9 Å². The van der Waals surface area contributed by atoms with E-state index >= 15 is 0 Å². The molecule has 41 heavy (non-hydrogen) atoms. The van der Waals surface area contributed by atoms with Gasteiger partial charge in [-0.25, -0.2) is 4.79 Å². The van der Waals surface area contributed by atoms with Crippen LogP contribution in [0.2, 0.25) is 0 Å². The van der Waals surface area contributed by atoms with Gasteiger partial charge in [0.25, 0.3) is 5.56 Å². The van der Waals surface area contributed by atoms with E-state index in [-0.39, 0.29) is 30.4 Å². The molecular formula is C33H32N4O4. The number of urea groups is 1. The molecule has 1 aromatic heterocycles. The Morgan fingerprint density at radius 2 is 1.39 bits per heavy atom. The lowest BCUT2D eigenvalue weighted by atomic mass is 9.74. The molecule has 2 atom stereocenters. The minimum atomic E-state index is -1.48. The largest absolute Gasteiger partial charge is 0.332 e. The monoisotopic (exact) mass is 548 g/mol. The predicted molar refractivity (Wildman–Crippen MR) is 157 cm³/mol. The first-order valence-electron chi connectivity index (χ1n) is 14.2. The van der Waals surface area contributed by atoms with Gasteiger partial charge in [0.1, 0.15) is 5.41 Å². The summed E-state index contributed by atoms with van der Waals surface area (Å²) < 4.78 is 1.88. The molecule has 8 nitrogen and oxygen atoms in total. The van der Waals surface area contributed by atoms with Gasteiger partial charge in [0.05, 0.1) is 0 Å². The highest BCUT2D eigenvalue weighted by atomic mass is 16.2. The number of benzene rings is 3. The van der Waals surface area contributed by atoms with Crippen molar-refractivity contribution in [2.45, 2.75) is 25.3 Å². The summed E-state index contributed by atoms with van der Waals surface area (Å²) in [6, 6.07) is 23.1. The van der Waals surface area contributed by atoms with Crippen LogP contribution in [0.1, 0.15) is 23.6 Å². The van der Waals surface area contributed by atoms with Crippen LogP contribution in [-0.2, 0) is 22.6 Å². The minimum absolute atomic E-state index is 0.0179. The third kappa shape index (κ3) is 3.92. The molecule has 4 amide bonds. The fourth-order valence-corrected chi connectivity index (χ4v) is 7.58. The zero-order valence-electron chi connectivity index (χ0n) is 23.2. The molecule has 2 fully saturated rings. The number of pyridine rings is 1. The first-order valence-corrected chi connectivity index (χ1v) is 14.2. The highest BCUT2D eigenvalue weighted by molar-refractivity contribution is 6.19. The highest BCUT2D eigenvalue weighted by Crippen LogP contribution is 2.41. The summed E-state index contributed by atoms with van der Waals surface area (Å²) in [5, 5.41) is 4.08. The van der Waals surface area contributed by atoms with Crippen LogP contribution in [-0.4, -0.2) is 70.8 Å². The molecule has 4 heterocycles. The van der Waals surface area contributed by atoms with E-state index in [1.54, 1.807) is 6.07 Å². The average molecular weight is 549 g/mol. The van der Waals surface area contributed by atoms with Crippen LogP contribution in [0.3, 0.4) is 0 Å². The van der Waals surface area contributed by atoms with E-state index in [0.29, 0.717) is 19.6 Å². The Balaban J connectivity index is 1.35. The molecule has 0 radical (unpaired) electrons. The van der Waals surface area contributed by atoms with Crippen molar-refractivity contribution >= 4 is 39.4 Å². The van der Waals surface area contributed by atoms with Crippen molar-refractivity contribution in [3.05, 3.63) is 94.4 Å². The van der Waals surface area contributed by atoms with E-state index < -0.39 is 23.3 Å². The zero-order chi connectivity index (χ0) is 28.5. The second-order valence-corrected chi connectivity index (χ2v) is 12.0. The summed E-state index contributed by atoms with van der Waals surface area (Å²) >= 11 is 0. The van der Waals surface area contributed by atoms with Crippen molar-refractivity contribution in [2.75, 3.05) is 33.7 Å². The smallest absolute Gasteiger partial charge is 0.312 e. The lowest BCUT2D eigenvalue weighted by Gasteiger charge is -2.48. The number of rotatable bonds is 4. The number of carbonyl (C=O) groups excluding carboxylic acids is 3. The second kappa shape index (κ2) is 9.38. The van der Waals surface area contributed by atoms with Crippen LogP contribution in [0.4, 0.5) is 4.79 Å². The van der Waals surface area contributed by atoms with Crippen LogP contribution in [0.5, 0.6) is 0 Å². The maximum Gasteiger partial charge on any atom is 0.332 e. The third-order valence-corrected chi connectivity index (χ3v) is 9.41. The maximum absolute atomic E-state index is 14.2. The number of amides is 4. The molecule has 0 saturated carbocycles. The van der Waals surface area contributed by atoms with Crippen molar-refractivity contribution in [3.8, 4) is 0 Å². The molecule has 8 heteroatoms. The highest BCUT2D eigenvalue weighted by Gasteiger charge is 2.57. The number of aromatic nitrogens is 1. The molecule has 2 unspecified atom stereocenters. The van der Waals surface area contributed by atoms with Crippen LogP contribution in [0.25, 0.3) is 21.5 Å². The van der Waals surface area contributed by atoms with Gasteiger partial charge in [-0.3, -0.25) is 24.2 Å². The fourth-order valence-electron chi connectivity index (χ4n) is 7.58. The number of barbiturate groups is 1. The molecule has 3 aromatic carbocycles. The third-order valence-electron chi connectivity index (χ3n) is 9.41. The van der Waals surface area contributed by atoms with Gasteiger partial charge >= 0.3 is 6.03 Å². The molecule has 7 rings (SSSR count). The molecule has 0 aliphatic carbocycles. The molecule has 3 aliphatic heterocycles. The summed E-state index contributed by atoms with van der Waals surface area (Å²) in [6.45, 7) is 2.15. The molecule has 0 spiro atoms. The summed E-state index contributed by atoms with van der Waals surface area (Å²) in [6.07, 6.45) is 1.15. The molecule has 4 aromatic rings. The first-order chi connectivity index (χ1) is 19.8. The summed E-state index contributed by atoms with van der Waals surface area (Å²) in [4.78, 5) is 58.4. The van der Waals surface area contributed by atoms with Crippen LogP contribution in [0, 0.1) is 11.3 Å². The number of hydrogen-bond donors (Lipinski definition) is 0.